The fraction of sp³-hybridized carbons (Fsp3) is 0.154. The Labute approximate surface area is 108 Å². The van der Waals surface area contributed by atoms with E-state index in [-0.39, 0.29) is 5.56 Å². The van der Waals surface area contributed by atoms with Gasteiger partial charge in [0.15, 0.2) is 0 Å². The van der Waals surface area contributed by atoms with Gasteiger partial charge in [0.2, 0.25) is 10.8 Å². The molecule has 1 aliphatic rings. The van der Waals surface area contributed by atoms with Crippen molar-refractivity contribution < 1.29 is 14.3 Å². The van der Waals surface area contributed by atoms with Crippen molar-refractivity contribution in [3.05, 3.63) is 41.5 Å². The molecule has 3 N–H and O–H groups in total. The zero-order chi connectivity index (χ0) is 13.1. The van der Waals surface area contributed by atoms with E-state index in [2.05, 4.69) is 12.6 Å². The number of aliphatic hydroxyl groups is 1. The number of ketones is 1. The van der Waals surface area contributed by atoms with Crippen LogP contribution in [0.2, 0.25) is 0 Å². The fourth-order valence-electron chi connectivity index (χ4n) is 2.39. The van der Waals surface area contributed by atoms with Crippen LogP contribution in [-0.4, -0.2) is 15.9 Å². The number of aliphatic hydroxyl groups excluding tert-OH is 1. The summed E-state index contributed by atoms with van der Waals surface area (Å²) < 4.78 is 14.2. The van der Waals surface area contributed by atoms with E-state index in [4.69, 9.17) is 5.73 Å². The first-order chi connectivity index (χ1) is 8.44. The molecule has 0 bridgehead atoms. The van der Waals surface area contributed by atoms with E-state index in [1.165, 1.54) is 6.07 Å². The molecule has 0 spiro atoms. The zero-order valence-electron chi connectivity index (χ0n) is 9.22. The third-order valence-electron chi connectivity index (χ3n) is 3.33. The molecule has 3 nitrogen and oxygen atoms in total. The Kier molecular flexibility index (Phi) is 2.21. The van der Waals surface area contributed by atoms with E-state index in [0.717, 1.165) is 0 Å². The van der Waals surface area contributed by atoms with E-state index in [1.54, 1.807) is 24.3 Å². The van der Waals surface area contributed by atoms with Gasteiger partial charge >= 0.3 is 0 Å². The van der Waals surface area contributed by atoms with Crippen molar-refractivity contribution in [2.45, 2.75) is 11.1 Å². The van der Waals surface area contributed by atoms with Crippen molar-refractivity contribution in [2.24, 2.45) is 0 Å². The third-order valence-corrected chi connectivity index (χ3v) is 3.77. The highest BCUT2D eigenvalue weighted by Gasteiger charge is 2.48. The Hall–Kier alpha value is -1.59. The molecule has 0 radical (unpaired) electrons. The Morgan fingerprint density at radius 2 is 2.06 bits per heavy atom. The van der Waals surface area contributed by atoms with Crippen LogP contribution in [0.5, 0.6) is 0 Å². The first-order valence-corrected chi connectivity index (χ1v) is 5.84. The van der Waals surface area contributed by atoms with Crippen LogP contribution in [0.3, 0.4) is 0 Å². The van der Waals surface area contributed by atoms with Crippen LogP contribution in [0.4, 0.5) is 10.1 Å². The highest BCUT2D eigenvalue weighted by Crippen LogP contribution is 2.45. The zero-order valence-corrected chi connectivity index (χ0v) is 10.1. The summed E-state index contributed by atoms with van der Waals surface area (Å²) in [6, 6.07) is 8.01. The molecule has 2 aromatic carbocycles. The van der Waals surface area contributed by atoms with Gasteiger partial charge in [0.05, 0.1) is 0 Å². The maximum absolute atomic E-state index is 14.2. The average Bonchev–Trinajstić information content (AvgIpc) is 2.36. The van der Waals surface area contributed by atoms with Crippen molar-refractivity contribution in [1.82, 2.24) is 0 Å². The summed E-state index contributed by atoms with van der Waals surface area (Å²) in [5, 5.41) is 8.50. The smallest absolute Gasteiger partial charge is 0.245 e. The molecule has 18 heavy (non-hydrogen) atoms. The summed E-state index contributed by atoms with van der Waals surface area (Å²) in [4.78, 5) is 12.0. The average molecular weight is 263 g/mol. The first-order valence-electron chi connectivity index (χ1n) is 5.40. The number of hydrogen-bond acceptors (Lipinski definition) is 4. The molecule has 0 saturated carbocycles. The Bertz CT molecular complexity index is 684. The van der Waals surface area contributed by atoms with Gasteiger partial charge in [0, 0.05) is 22.0 Å². The maximum atomic E-state index is 14.2. The van der Waals surface area contributed by atoms with Gasteiger partial charge < -0.3 is 10.8 Å². The SMILES string of the molecule is Nc1ccc2c3c(cccc13)C(O)C(F)(S)C2=O. The molecular formula is C13H10FNO2S. The molecule has 2 unspecified atom stereocenters. The van der Waals surface area contributed by atoms with E-state index in [1.807, 2.05) is 0 Å². The number of alkyl halides is 1. The number of nitrogen functional groups attached to an aromatic ring is 1. The van der Waals surface area contributed by atoms with Crippen molar-refractivity contribution >= 4 is 34.9 Å². The van der Waals surface area contributed by atoms with E-state index >= 15 is 0 Å². The number of thiol groups is 1. The van der Waals surface area contributed by atoms with Crippen LogP contribution in [0.1, 0.15) is 22.0 Å². The minimum Gasteiger partial charge on any atom is -0.398 e. The van der Waals surface area contributed by atoms with Gasteiger partial charge in [-0.1, -0.05) is 18.2 Å². The van der Waals surface area contributed by atoms with Crippen LogP contribution < -0.4 is 5.73 Å². The number of nitrogens with two attached hydrogens (primary N) is 1. The summed E-state index contributed by atoms with van der Waals surface area (Å²) >= 11 is 3.67. The lowest BCUT2D eigenvalue weighted by Gasteiger charge is -2.31. The highest BCUT2D eigenvalue weighted by molar-refractivity contribution is 7.82. The van der Waals surface area contributed by atoms with E-state index < -0.39 is 16.9 Å². The van der Waals surface area contributed by atoms with Crippen molar-refractivity contribution in [3.63, 3.8) is 0 Å². The minimum atomic E-state index is -2.60. The molecule has 0 aliphatic heterocycles. The second-order valence-electron chi connectivity index (χ2n) is 4.38. The lowest BCUT2D eigenvalue weighted by atomic mass is 9.84. The molecule has 2 aromatic rings. The van der Waals surface area contributed by atoms with Crippen LogP contribution in [0, 0.1) is 0 Å². The maximum Gasteiger partial charge on any atom is 0.245 e. The quantitative estimate of drug-likeness (QED) is 0.504. The third kappa shape index (κ3) is 1.26. The van der Waals surface area contributed by atoms with Gasteiger partial charge in [-0.15, -0.1) is 12.6 Å². The molecule has 2 atom stereocenters. The molecule has 1 aliphatic carbocycles. The molecular weight excluding hydrogens is 253 g/mol. The Morgan fingerprint density at radius 3 is 2.78 bits per heavy atom. The van der Waals surface area contributed by atoms with Gasteiger partial charge in [-0.2, -0.15) is 0 Å². The number of anilines is 1. The number of Topliss-reactive ketones (excluding diaryl/α,β-unsaturated/α-hetero) is 1. The highest BCUT2D eigenvalue weighted by atomic mass is 32.1. The number of carbonyl (C=O) groups excluding carboxylic acids is 1. The van der Waals surface area contributed by atoms with Gasteiger partial charge in [-0.3, -0.25) is 4.79 Å². The van der Waals surface area contributed by atoms with E-state index in [9.17, 15) is 14.3 Å². The van der Waals surface area contributed by atoms with Gasteiger partial charge in [-0.05, 0) is 17.7 Å². The van der Waals surface area contributed by atoms with Crippen LogP contribution in [0.25, 0.3) is 10.8 Å². The Balaban J connectivity index is 2.50. The van der Waals surface area contributed by atoms with Crippen LogP contribution in [0.15, 0.2) is 30.3 Å². The molecule has 0 heterocycles. The largest absolute Gasteiger partial charge is 0.398 e. The normalized spacial score (nSPS) is 26.6. The number of halogens is 1. The van der Waals surface area contributed by atoms with Crippen LogP contribution >= 0.6 is 12.6 Å². The fourth-order valence-corrected chi connectivity index (χ4v) is 2.65. The Morgan fingerprint density at radius 1 is 1.33 bits per heavy atom. The number of hydrogen-bond donors (Lipinski definition) is 3. The summed E-state index contributed by atoms with van der Waals surface area (Å²) in [5.41, 5.74) is 6.86. The summed E-state index contributed by atoms with van der Waals surface area (Å²) in [6.45, 7) is 0. The summed E-state index contributed by atoms with van der Waals surface area (Å²) in [5.74, 6) is -0.831. The van der Waals surface area contributed by atoms with E-state index in [0.29, 0.717) is 22.0 Å². The monoisotopic (exact) mass is 263 g/mol. The molecule has 92 valence electrons. The summed E-state index contributed by atoms with van der Waals surface area (Å²) in [6.07, 6.45) is -1.59. The first kappa shape index (κ1) is 11.5. The predicted octanol–water partition coefficient (Wildman–Crippen LogP) is 2.25. The molecule has 0 amide bonds. The number of benzene rings is 2. The van der Waals surface area contributed by atoms with Crippen LogP contribution in [-0.2, 0) is 0 Å². The standard InChI is InChI=1S/C13H10FNO2S/c14-13(18)11(16)7-3-1-2-6-9(15)5-4-8(10(6)7)12(13)17/h1-5,11,16,18H,15H2. The second-order valence-corrected chi connectivity index (χ2v) is 5.03. The molecule has 0 saturated heterocycles. The van der Waals surface area contributed by atoms with Gasteiger partial charge in [-0.25, -0.2) is 4.39 Å². The molecule has 3 rings (SSSR count). The topological polar surface area (TPSA) is 63.3 Å². The molecule has 5 heteroatoms. The van der Waals surface area contributed by atoms with Crippen molar-refractivity contribution in [3.8, 4) is 0 Å². The molecule has 0 aromatic heterocycles. The van der Waals surface area contributed by atoms with Gasteiger partial charge in [0.1, 0.15) is 6.10 Å². The minimum absolute atomic E-state index is 0.206. The summed E-state index contributed by atoms with van der Waals surface area (Å²) in [7, 11) is 0. The number of rotatable bonds is 0. The lowest BCUT2D eigenvalue weighted by Crippen LogP contribution is -2.38. The van der Waals surface area contributed by atoms with Gasteiger partial charge in [0.25, 0.3) is 0 Å². The predicted molar refractivity (Wildman–Crippen MR) is 70.5 cm³/mol. The second kappa shape index (κ2) is 3.46. The van der Waals surface area contributed by atoms with Crippen molar-refractivity contribution in [1.29, 1.82) is 0 Å². The number of carbonyl (C=O) groups is 1. The molecule has 0 fully saturated rings. The lowest BCUT2D eigenvalue weighted by molar-refractivity contribution is 0.0418. The van der Waals surface area contributed by atoms with Crippen molar-refractivity contribution in [2.75, 3.05) is 5.73 Å².